The van der Waals surface area contributed by atoms with Crippen molar-refractivity contribution in [2.75, 3.05) is 19.7 Å². The largest absolute Gasteiger partial charge is 0.415 e. The molecule has 0 aromatic heterocycles. The fraction of sp³-hybridized carbons (Fsp3) is 0.889. The summed E-state index contributed by atoms with van der Waals surface area (Å²) in [6.45, 7) is 2.21. The molecule has 0 aromatic rings. The lowest BCUT2D eigenvalue weighted by Crippen LogP contribution is -2.62. The van der Waals surface area contributed by atoms with Crippen molar-refractivity contribution in [3.8, 4) is 0 Å². The molecule has 0 aliphatic heterocycles. The molecule has 0 aromatic carbocycles. The normalized spacial score (nSPS) is 15.7. The number of halogens is 3. The van der Waals surface area contributed by atoms with E-state index in [9.17, 15) is 18.0 Å². The number of carbonyl (C=O) groups is 1. The van der Waals surface area contributed by atoms with Crippen molar-refractivity contribution in [2.24, 2.45) is 5.73 Å². The highest BCUT2D eigenvalue weighted by atomic mass is 19.4. The zero-order valence-electron chi connectivity index (χ0n) is 9.34. The van der Waals surface area contributed by atoms with Crippen molar-refractivity contribution in [1.29, 1.82) is 0 Å². The minimum atomic E-state index is -4.78. The topological polar surface area (TPSA) is 66.6 Å². The van der Waals surface area contributed by atoms with Gasteiger partial charge in [-0.2, -0.15) is 13.2 Å². The Hall–Kier alpha value is -0.820. The molecule has 0 radical (unpaired) electrons. The van der Waals surface area contributed by atoms with E-state index in [-0.39, 0.29) is 26.1 Å². The van der Waals surface area contributed by atoms with E-state index in [1.807, 2.05) is 0 Å². The minimum Gasteiger partial charge on any atom is -0.396 e. The van der Waals surface area contributed by atoms with Gasteiger partial charge in [0.05, 0.1) is 0 Å². The Kier molecular flexibility index (Phi) is 5.21. The average molecular weight is 242 g/mol. The van der Waals surface area contributed by atoms with E-state index in [2.05, 4.69) is 0 Å². The molecule has 4 nitrogen and oxygen atoms in total. The number of carbonyl (C=O) groups excluding carboxylic acids is 1. The fourth-order valence-electron chi connectivity index (χ4n) is 1.11. The molecule has 7 heteroatoms. The van der Waals surface area contributed by atoms with Crippen LogP contribution in [0.25, 0.3) is 0 Å². The van der Waals surface area contributed by atoms with Crippen LogP contribution in [0.2, 0.25) is 0 Å². The number of likely N-dealkylation sites (N-methyl/N-ethyl adjacent to an activating group) is 1. The molecule has 0 aliphatic carbocycles. The molecule has 16 heavy (non-hydrogen) atoms. The van der Waals surface area contributed by atoms with Crippen molar-refractivity contribution in [3.05, 3.63) is 0 Å². The Morgan fingerprint density at radius 1 is 1.44 bits per heavy atom. The number of amides is 1. The molecular formula is C9H17F3N2O2. The second-order valence-corrected chi connectivity index (χ2v) is 3.66. The van der Waals surface area contributed by atoms with Crippen LogP contribution in [0.3, 0.4) is 0 Å². The number of nitrogens with zero attached hydrogens (tertiary/aromatic N) is 1. The third kappa shape index (κ3) is 3.34. The SMILES string of the molecule is CCN(CCCO)C(=O)C(C)(N)C(F)(F)F. The molecule has 0 saturated heterocycles. The highest BCUT2D eigenvalue weighted by Crippen LogP contribution is 2.29. The van der Waals surface area contributed by atoms with Crippen molar-refractivity contribution < 1.29 is 23.1 Å². The maximum Gasteiger partial charge on any atom is 0.415 e. The lowest BCUT2D eigenvalue weighted by molar-refractivity contribution is -0.193. The number of alkyl halides is 3. The quantitative estimate of drug-likeness (QED) is 0.737. The predicted molar refractivity (Wildman–Crippen MR) is 52.6 cm³/mol. The molecule has 0 saturated carbocycles. The van der Waals surface area contributed by atoms with Crippen LogP contribution in [0, 0.1) is 0 Å². The third-order valence-corrected chi connectivity index (χ3v) is 2.29. The van der Waals surface area contributed by atoms with Crippen molar-refractivity contribution in [1.82, 2.24) is 4.90 Å². The summed E-state index contributed by atoms with van der Waals surface area (Å²) in [5, 5.41) is 8.56. The van der Waals surface area contributed by atoms with Crippen LogP contribution in [-0.4, -0.2) is 47.3 Å². The first-order valence-corrected chi connectivity index (χ1v) is 4.94. The number of aliphatic hydroxyl groups is 1. The molecule has 0 spiro atoms. The minimum absolute atomic E-state index is 0.0642. The monoisotopic (exact) mass is 242 g/mol. The Morgan fingerprint density at radius 3 is 2.25 bits per heavy atom. The standard InChI is InChI=1S/C9H17F3N2O2/c1-3-14(5-4-6-15)7(16)8(2,13)9(10,11)12/h15H,3-6,13H2,1-2H3. The smallest absolute Gasteiger partial charge is 0.396 e. The summed E-state index contributed by atoms with van der Waals surface area (Å²) in [6, 6.07) is 0. The Morgan fingerprint density at radius 2 is 1.94 bits per heavy atom. The van der Waals surface area contributed by atoms with E-state index in [4.69, 9.17) is 10.8 Å². The van der Waals surface area contributed by atoms with Crippen LogP contribution in [0.1, 0.15) is 20.3 Å². The number of rotatable bonds is 5. The Balaban J connectivity index is 4.74. The highest BCUT2D eigenvalue weighted by Gasteiger charge is 2.55. The van der Waals surface area contributed by atoms with Gasteiger partial charge in [-0.3, -0.25) is 4.79 Å². The maximum atomic E-state index is 12.5. The van der Waals surface area contributed by atoms with E-state index in [1.54, 1.807) is 6.92 Å². The van der Waals surface area contributed by atoms with Gasteiger partial charge in [-0.15, -0.1) is 0 Å². The first-order valence-electron chi connectivity index (χ1n) is 4.94. The van der Waals surface area contributed by atoms with Crippen LogP contribution in [0.4, 0.5) is 13.2 Å². The third-order valence-electron chi connectivity index (χ3n) is 2.29. The van der Waals surface area contributed by atoms with Crippen LogP contribution in [0.5, 0.6) is 0 Å². The summed E-state index contributed by atoms with van der Waals surface area (Å²) in [5.74, 6) is -1.17. The van der Waals surface area contributed by atoms with Gasteiger partial charge in [-0.25, -0.2) is 0 Å². The van der Waals surface area contributed by atoms with E-state index in [0.717, 1.165) is 4.90 Å². The van der Waals surface area contributed by atoms with Gasteiger partial charge in [0.1, 0.15) is 0 Å². The second-order valence-electron chi connectivity index (χ2n) is 3.66. The molecule has 96 valence electrons. The van der Waals surface area contributed by atoms with Crippen molar-refractivity contribution >= 4 is 5.91 Å². The summed E-state index contributed by atoms with van der Waals surface area (Å²) >= 11 is 0. The lowest BCUT2D eigenvalue weighted by Gasteiger charge is -2.32. The fourth-order valence-corrected chi connectivity index (χ4v) is 1.11. The Labute approximate surface area is 92.2 Å². The lowest BCUT2D eigenvalue weighted by atomic mass is 10.0. The number of hydrogen-bond acceptors (Lipinski definition) is 3. The molecular weight excluding hydrogens is 225 g/mol. The summed E-state index contributed by atoms with van der Waals surface area (Å²) < 4.78 is 37.4. The number of aliphatic hydroxyl groups excluding tert-OH is 1. The molecule has 1 amide bonds. The van der Waals surface area contributed by atoms with Crippen molar-refractivity contribution in [2.45, 2.75) is 32.0 Å². The van der Waals surface area contributed by atoms with Gasteiger partial charge < -0.3 is 15.7 Å². The summed E-state index contributed by atoms with van der Waals surface area (Å²) in [5.41, 5.74) is 2.13. The summed E-state index contributed by atoms with van der Waals surface area (Å²) in [7, 11) is 0. The van der Waals surface area contributed by atoms with Crippen LogP contribution >= 0.6 is 0 Å². The van der Waals surface area contributed by atoms with Gasteiger partial charge >= 0.3 is 6.18 Å². The molecule has 0 heterocycles. The zero-order chi connectivity index (χ0) is 13.0. The van der Waals surface area contributed by atoms with Gasteiger partial charge in [0.15, 0.2) is 5.54 Å². The molecule has 0 fully saturated rings. The maximum absolute atomic E-state index is 12.5. The van der Waals surface area contributed by atoms with Crippen molar-refractivity contribution in [3.63, 3.8) is 0 Å². The van der Waals surface area contributed by atoms with E-state index in [1.165, 1.54) is 0 Å². The first kappa shape index (κ1) is 15.2. The number of hydrogen-bond donors (Lipinski definition) is 2. The van der Waals surface area contributed by atoms with E-state index >= 15 is 0 Å². The Bertz CT molecular complexity index is 241. The van der Waals surface area contributed by atoms with Gasteiger partial charge in [0.25, 0.3) is 5.91 Å². The molecule has 0 rings (SSSR count). The molecule has 3 N–H and O–H groups in total. The van der Waals surface area contributed by atoms with Gasteiger partial charge in [-0.05, 0) is 20.3 Å². The highest BCUT2D eigenvalue weighted by molar-refractivity contribution is 5.86. The summed E-state index contributed by atoms with van der Waals surface area (Å²) in [4.78, 5) is 12.5. The van der Waals surface area contributed by atoms with Gasteiger partial charge in [0.2, 0.25) is 0 Å². The first-order chi connectivity index (χ1) is 7.18. The van der Waals surface area contributed by atoms with Crippen LogP contribution in [0.15, 0.2) is 0 Å². The second kappa shape index (κ2) is 5.49. The molecule has 1 atom stereocenters. The molecule has 0 bridgehead atoms. The average Bonchev–Trinajstić information content (AvgIpc) is 2.16. The van der Waals surface area contributed by atoms with Gasteiger partial charge in [0, 0.05) is 19.7 Å². The number of nitrogens with two attached hydrogens (primary N) is 1. The summed E-state index contributed by atoms with van der Waals surface area (Å²) in [6.07, 6.45) is -4.55. The zero-order valence-corrected chi connectivity index (χ0v) is 9.34. The van der Waals surface area contributed by atoms with Crippen LogP contribution in [-0.2, 0) is 4.79 Å². The molecule has 1 unspecified atom stereocenters. The molecule has 0 aliphatic rings. The van der Waals surface area contributed by atoms with E-state index < -0.39 is 17.6 Å². The van der Waals surface area contributed by atoms with Crippen LogP contribution < -0.4 is 5.73 Å². The van der Waals surface area contributed by atoms with E-state index in [0.29, 0.717) is 6.92 Å². The van der Waals surface area contributed by atoms with Gasteiger partial charge in [-0.1, -0.05) is 0 Å². The predicted octanol–water partition coefficient (Wildman–Crippen LogP) is 0.497.